The minimum absolute atomic E-state index is 0.0404. The summed E-state index contributed by atoms with van der Waals surface area (Å²) in [4.78, 5) is 34.7. The molecule has 0 atom stereocenters. The van der Waals surface area contributed by atoms with Crippen LogP contribution in [0.25, 0.3) is 22.3 Å². The molecule has 0 unspecified atom stereocenters. The second kappa shape index (κ2) is 9.76. The summed E-state index contributed by atoms with van der Waals surface area (Å²) in [7, 11) is 0. The molecule has 0 aliphatic carbocycles. The van der Waals surface area contributed by atoms with E-state index in [0.29, 0.717) is 27.8 Å². The maximum atomic E-state index is 12.2. The standard InChI is InChI=1S/C26H25NO8/c1-26(2,3)35-25(34)27-13-17-10-14(15-5-8-19(23(30)31)21(28)11-15)4-7-18(17)16-6-9-20(24(32)33)22(29)12-16/h4-12,28-29H,13H2,1-3H3,(H,27,34)(H,30,31)(H,32,33). The molecule has 9 nitrogen and oxygen atoms in total. The molecule has 35 heavy (non-hydrogen) atoms. The Hall–Kier alpha value is -4.53. The summed E-state index contributed by atoms with van der Waals surface area (Å²) in [5.41, 5.74) is 1.75. The van der Waals surface area contributed by atoms with E-state index in [2.05, 4.69) is 5.32 Å². The van der Waals surface area contributed by atoms with Gasteiger partial charge in [0.15, 0.2) is 0 Å². The molecular formula is C26H25NO8. The smallest absolute Gasteiger partial charge is 0.407 e. The Morgan fingerprint density at radius 1 is 0.771 bits per heavy atom. The number of carboxylic acid groups (broad SMARTS) is 2. The van der Waals surface area contributed by atoms with Gasteiger partial charge in [0.2, 0.25) is 0 Å². The third kappa shape index (κ3) is 6.08. The third-order valence-corrected chi connectivity index (χ3v) is 5.03. The number of benzene rings is 3. The first-order chi connectivity index (χ1) is 16.4. The minimum Gasteiger partial charge on any atom is -0.507 e. The number of hydrogen-bond acceptors (Lipinski definition) is 6. The van der Waals surface area contributed by atoms with Crippen molar-refractivity contribution < 1.29 is 39.5 Å². The van der Waals surface area contributed by atoms with Crippen LogP contribution in [0, 0.1) is 0 Å². The molecule has 0 fully saturated rings. The highest BCUT2D eigenvalue weighted by molar-refractivity contribution is 5.93. The molecule has 0 aromatic heterocycles. The highest BCUT2D eigenvalue weighted by Gasteiger charge is 2.18. The molecule has 0 bridgehead atoms. The number of rotatable bonds is 6. The fourth-order valence-electron chi connectivity index (χ4n) is 3.45. The molecule has 0 saturated carbocycles. The van der Waals surface area contributed by atoms with Gasteiger partial charge < -0.3 is 30.5 Å². The van der Waals surface area contributed by atoms with Gasteiger partial charge in [-0.15, -0.1) is 0 Å². The van der Waals surface area contributed by atoms with Crippen molar-refractivity contribution in [1.29, 1.82) is 0 Å². The first-order valence-electron chi connectivity index (χ1n) is 10.6. The van der Waals surface area contributed by atoms with Crippen molar-refractivity contribution in [2.24, 2.45) is 0 Å². The van der Waals surface area contributed by atoms with Crippen LogP contribution >= 0.6 is 0 Å². The number of carbonyl (C=O) groups is 3. The topological polar surface area (TPSA) is 153 Å². The maximum absolute atomic E-state index is 12.2. The zero-order chi connectivity index (χ0) is 25.9. The second-order valence-electron chi connectivity index (χ2n) is 8.80. The predicted molar refractivity (Wildman–Crippen MR) is 128 cm³/mol. The lowest BCUT2D eigenvalue weighted by atomic mass is 9.93. The van der Waals surface area contributed by atoms with E-state index in [1.54, 1.807) is 51.1 Å². The molecule has 5 N–H and O–H groups in total. The molecule has 0 radical (unpaired) electrons. The Labute approximate surface area is 201 Å². The van der Waals surface area contributed by atoms with Crippen LogP contribution in [0.1, 0.15) is 47.1 Å². The van der Waals surface area contributed by atoms with E-state index in [9.17, 15) is 29.7 Å². The summed E-state index contributed by atoms with van der Waals surface area (Å²) in [5, 5.41) is 41.2. The SMILES string of the molecule is CC(C)(C)OC(=O)NCc1cc(-c2ccc(C(=O)O)c(O)c2)ccc1-c1ccc(C(=O)O)c(O)c1. The molecule has 3 aromatic carbocycles. The Kier molecular flexibility index (Phi) is 7.00. The lowest BCUT2D eigenvalue weighted by Crippen LogP contribution is -2.32. The quantitative estimate of drug-likeness (QED) is 0.336. The zero-order valence-electron chi connectivity index (χ0n) is 19.3. The molecule has 1 amide bonds. The molecular weight excluding hydrogens is 454 g/mol. The molecule has 0 spiro atoms. The van der Waals surface area contributed by atoms with Gasteiger partial charge in [0.25, 0.3) is 0 Å². The number of carboxylic acids is 2. The Morgan fingerprint density at radius 3 is 1.77 bits per heavy atom. The van der Waals surface area contributed by atoms with E-state index < -0.39 is 29.4 Å². The summed E-state index contributed by atoms with van der Waals surface area (Å²) in [5.74, 6) is -3.31. The number of carbonyl (C=O) groups excluding carboxylic acids is 1. The number of ether oxygens (including phenoxy) is 1. The van der Waals surface area contributed by atoms with Gasteiger partial charge in [0.1, 0.15) is 28.2 Å². The fraction of sp³-hybridized carbons (Fsp3) is 0.192. The Bertz CT molecular complexity index is 1310. The van der Waals surface area contributed by atoms with Gasteiger partial charge in [-0.2, -0.15) is 0 Å². The van der Waals surface area contributed by atoms with E-state index >= 15 is 0 Å². The zero-order valence-corrected chi connectivity index (χ0v) is 19.3. The second-order valence-corrected chi connectivity index (χ2v) is 8.80. The van der Waals surface area contributed by atoms with Crippen molar-refractivity contribution in [3.8, 4) is 33.8 Å². The van der Waals surface area contributed by atoms with Gasteiger partial charge in [0, 0.05) is 6.54 Å². The predicted octanol–water partition coefficient (Wildman–Crippen LogP) is 4.85. The van der Waals surface area contributed by atoms with Crippen molar-refractivity contribution in [2.75, 3.05) is 0 Å². The lowest BCUT2D eigenvalue weighted by molar-refractivity contribution is 0.0522. The molecule has 9 heteroatoms. The van der Waals surface area contributed by atoms with Crippen LogP contribution in [0.2, 0.25) is 0 Å². The van der Waals surface area contributed by atoms with Crippen LogP contribution in [0.15, 0.2) is 54.6 Å². The van der Waals surface area contributed by atoms with Crippen molar-refractivity contribution in [3.63, 3.8) is 0 Å². The average molecular weight is 479 g/mol. The average Bonchev–Trinajstić information content (AvgIpc) is 2.75. The number of aromatic hydroxyl groups is 2. The highest BCUT2D eigenvalue weighted by Crippen LogP contribution is 2.33. The van der Waals surface area contributed by atoms with E-state index in [1.165, 1.54) is 24.3 Å². The van der Waals surface area contributed by atoms with E-state index in [0.717, 1.165) is 0 Å². The number of alkyl carbamates (subject to hydrolysis) is 1. The number of nitrogens with one attached hydrogen (secondary N) is 1. The van der Waals surface area contributed by atoms with Crippen molar-refractivity contribution in [2.45, 2.75) is 32.9 Å². The Balaban J connectivity index is 2.04. The Morgan fingerprint density at radius 2 is 1.26 bits per heavy atom. The van der Waals surface area contributed by atoms with Gasteiger partial charge in [-0.05, 0) is 78.9 Å². The third-order valence-electron chi connectivity index (χ3n) is 5.03. The summed E-state index contributed by atoms with van der Waals surface area (Å²) >= 11 is 0. The monoisotopic (exact) mass is 479 g/mol. The largest absolute Gasteiger partial charge is 0.507 e. The fourth-order valence-corrected chi connectivity index (χ4v) is 3.45. The van der Waals surface area contributed by atoms with Crippen LogP contribution in [0.3, 0.4) is 0 Å². The molecule has 0 saturated heterocycles. The maximum Gasteiger partial charge on any atom is 0.407 e. The number of phenols is 2. The van der Waals surface area contributed by atoms with Gasteiger partial charge in [-0.25, -0.2) is 14.4 Å². The first kappa shape index (κ1) is 25.1. The minimum atomic E-state index is -1.26. The molecule has 3 aromatic rings. The van der Waals surface area contributed by atoms with Crippen molar-refractivity contribution in [3.05, 3.63) is 71.3 Å². The van der Waals surface area contributed by atoms with E-state index in [4.69, 9.17) is 9.84 Å². The van der Waals surface area contributed by atoms with E-state index in [-0.39, 0.29) is 23.4 Å². The van der Waals surface area contributed by atoms with Crippen LogP contribution < -0.4 is 5.32 Å². The summed E-state index contributed by atoms with van der Waals surface area (Å²) < 4.78 is 5.29. The highest BCUT2D eigenvalue weighted by atomic mass is 16.6. The van der Waals surface area contributed by atoms with Crippen LogP contribution in [-0.4, -0.2) is 44.1 Å². The van der Waals surface area contributed by atoms with Crippen molar-refractivity contribution >= 4 is 18.0 Å². The van der Waals surface area contributed by atoms with Crippen LogP contribution in [0.5, 0.6) is 11.5 Å². The lowest BCUT2D eigenvalue weighted by Gasteiger charge is -2.20. The van der Waals surface area contributed by atoms with Gasteiger partial charge in [-0.1, -0.05) is 24.3 Å². The first-order valence-corrected chi connectivity index (χ1v) is 10.6. The number of hydrogen-bond donors (Lipinski definition) is 5. The molecule has 0 aliphatic heterocycles. The van der Waals surface area contributed by atoms with Crippen LogP contribution in [0.4, 0.5) is 4.79 Å². The van der Waals surface area contributed by atoms with Gasteiger partial charge in [-0.3, -0.25) is 0 Å². The van der Waals surface area contributed by atoms with Gasteiger partial charge >= 0.3 is 18.0 Å². The molecule has 3 rings (SSSR count). The van der Waals surface area contributed by atoms with Crippen molar-refractivity contribution in [1.82, 2.24) is 5.32 Å². The summed E-state index contributed by atoms with van der Waals surface area (Å²) in [6, 6.07) is 13.5. The number of amides is 1. The number of aromatic carboxylic acids is 2. The summed E-state index contributed by atoms with van der Waals surface area (Å²) in [6.07, 6.45) is -0.638. The van der Waals surface area contributed by atoms with Gasteiger partial charge in [0.05, 0.1) is 0 Å². The van der Waals surface area contributed by atoms with E-state index in [1.807, 2.05) is 0 Å². The molecule has 0 heterocycles. The normalized spacial score (nSPS) is 11.1. The summed E-state index contributed by atoms with van der Waals surface area (Å²) in [6.45, 7) is 5.24. The molecule has 0 aliphatic rings. The van der Waals surface area contributed by atoms with Crippen LogP contribution in [-0.2, 0) is 11.3 Å². The molecule has 182 valence electrons.